The van der Waals surface area contributed by atoms with E-state index in [1.165, 1.54) is 32.1 Å². The highest BCUT2D eigenvalue weighted by molar-refractivity contribution is 5.42. The Labute approximate surface area is 91.6 Å². The lowest BCUT2D eigenvalue weighted by molar-refractivity contribution is 0.0872. The normalized spacial score (nSPS) is 24.5. The number of nitrogens with zero attached hydrogens (tertiary/aromatic N) is 2. The summed E-state index contributed by atoms with van der Waals surface area (Å²) >= 11 is 0. The van der Waals surface area contributed by atoms with Crippen LogP contribution in [0.2, 0.25) is 0 Å². The minimum absolute atomic E-state index is 0.408. The Balaban J connectivity index is 1.77. The highest BCUT2D eigenvalue weighted by Crippen LogP contribution is 2.19. The zero-order valence-corrected chi connectivity index (χ0v) is 9.32. The zero-order chi connectivity index (χ0) is 10.3. The topological polar surface area (TPSA) is 34.0 Å². The van der Waals surface area contributed by atoms with Gasteiger partial charge >= 0.3 is 0 Å². The zero-order valence-electron chi connectivity index (χ0n) is 9.32. The fourth-order valence-corrected chi connectivity index (χ4v) is 2.22. The maximum Gasteiger partial charge on any atom is 0.0898 e. The summed E-state index contributed by atoms with van der Waals surface area (Å²) in [6, 6.07) is 3.83. The molecule has 0 bridgehead atoms. The van der Waals surface area contributed by atoms with Crippen LogP contribution in [0, 0.1) is 0 Å². The van der Waals surface area contributed by atoms with Crippen molar-refractivity contribution in [3.63, 3.8) is 0 Å². The van der Waals surface area contributed by atoms with Crippen LogP contribution < -0.4 is 0 Å². The summed E-state index contributed by atoms with van der Waals surface area (Å²) in [6.07, 6.45) is 8.57. The van der Waals surface area contributed by atoms with Crippen LogP contribution in [0.4, 0.5) is 0 Å². The van der Waals surface area contributed by atoms with Gasteiger partial charge in [0.05, 0.1) is 18.1 Å². The third-order valence-electron chi connectivity index (χ3n) is 3.25. The van der Waals surface area contributed by atoms with E-state index in [4.69, 9.17) is 4.74 Å². The Hall–Kier alpha value is -0.660. The van der Waals surface area contributed by atoms with E-state index in [1.54, 1.807) is 0 Å². The Bertz CT molecular complexity index is 212. The molecular weight excluding hydrogens is 188 g/mol. The molecule has 0 unspecified atom stereocenters. The molecule has 0 aromatic heterocycles. The number of hydrogen-bond acceptors (Lipinski definition) is 3. The Morgan fingerprint density at radius 3 is 2.07 bits per heavy atom. The van der Waals surface area contributed by atoms with Crippen LogP contribution in [0.15, 0.2) is 9.98 Å². The predicted molar refractivity (Wildman–Crippen MR) is 60.6 cm³/mol. The summed E-state index contributed by atoms with van der Waals surface area (Å²) in [4.78, 5) is 8.80. The summed E-state index contributed by atoms with van der Waals surface area (Å²) in [5, 5.41) is 0. The molecule has 0 atom stereocenters. The van der Waals surface area contributed by atoms with Crippen LogP contribution >= 0.6 is 0 Å². The second kappa shape index (κ2) is 6.04. The first-order valence-corrected chi connectivity index (χ1v) is 6.17. The second-order valence-electron chi connectivity index (χ2n) is 4.49. The first kappa shape index (κ1) is 10.8. The van der Waals surface area contributed by atoms with Crippen molar-refractivity contribution in [1.29, 1.82) is 0 Å². The predicted octanol–water partition coefficient (Wildman–Crippen LogP) is 2.67. The number of aliphatic imine (C=N–C) groups is 2. The van der Waals surface area contributed by atoms with E-state index < -0.39 is 0 Å². The molecule has 84 valence electrons. The lowest BCUT2D eigenvalue weighted by Crippen LogP contribution is -2.18. The molecule has 2 rings (SSSR count). The lowest BCUT2D eigenvalue weighted by Gasteiger charge is -2.17. The van der Waals surface area contributed by atoms with Gasteiger partial charge in [-0.2, -0.15) is 0 Å². The first-order chi connectivity index (χ1) is 7.45. The van der Waals surface area contributed by atoms with Crippen molar-refractivity contribution in [1.82, 2.24) is 0 Å². The molecule has 0 aromatic rings. The minimum Gasteiger partial charge on any atom is -0.381 e. The van der Waals surface area contributed by atoms with Gasteiger partial charge in [0.15, 0.2) is 0 Å². The molecule has 0 amide bonds. The Morgan fingerprint density at radius 2 is 1.40 bits per heavy atom. The molecule has 3 nitrogen and oxygen atoms in total. The monoisotopic (exact) mass is 208 g/mol. The fraction of sp³-hybridized carbons (Fsp3) is 0.917. The van der Waals surface area contributed by atoms with E-state index >= 15 is 0 Å². The highest BCUT2D eigenvalue weighted by Gasteiger charge is 2.12. The van der Waals surface area contributed by atoms with Gasteiger partial charge in [-0.3, -0.25) is 0 Å². The molecule has 0 radical (unpaired) electrons. The van der Waals surface area contributed by atoms with Crippen LogP contribution in [0.5, 0.6) is 0 Å². The summed E-state index contributed by atoms with van der Waals surface area (Å²) in [7, 11) is 0. The van der Waals surface area contributed by atoms with Crippen molar-refractivity contribution in [2.45, 2.75) is 57.0 Å². The molecule has 0 N–H and O–H groups in total. The lowest BCUT2D eigenvalue weighted by atomic mass is 9.96. The standard InChI is InChI=1S/C12H20N2O/c1-2-4-11(5-3-1)13-10-14-12-6-8-15-9-7-12/h11-12H,1-9H2. The van der Waals surface area contributed by atoms with Crippen molar-refractivity contribution >= 4 is 6.01 Å². The fourth-order valence-electron chi connectivity index (χ4n) is 2.22. The van der Waals surface area contributed by atoms with E-state index in [0.717, 1.165) is 26.1 Å². The van der Waals surface area contributed by atoms with Gasteiger partial charge < -0.3 is 4.74 Å². The molecule has 2 fully saturated rings. The first-order valence-electron chi connectivity index (χ1n) is 6.17. The third-order valence-corrected chi connectivity index (χ3v) is 3.25. The molecule has 1 heterocycles. The largest absolute Gasteiger partial charge is 0.381 e. The molecule has 1 saturated heterocycles. The van der Waals surface area contributed by atoms with Crippen LogP contribution in [-0.4, -0.2) is 31.3 Å². The maximum absolute atomic E-state index is 5.28. The van der Waals surface area contributed by atoms with Crippen molar-refractivity contribution in [3.8, 4) is 0 Å². The summed E-state index contributed by atoms with van der Waals surface area (Å²) in [6.45, 7) is 1.69. The van der Waals surface area contributed by atoms with Crippen LogP contribution in [0.1, 0.15) is 44.9 Å². The van der Waals surface area contributed by atoms with Gasteiger partial charge in [0.2, 0.25) is 0 Å². The molecule has 0 spiro atoms. The van der Waals surface area contributed by atoms with E-state index in [0.29, 0.717) is 12.1 Å². The van der Waals surface area contributed by atoms with Crippen LogP contribution in [-0.2, 0) is 4.74 Å². The van der Waals surface area contributed by atoms with Crippen LogP contribution in [0.3, 0.4) is 0 Å². The highest BCUT2D eigenvalue weighted by atomic mass is 16.5. The van der Waals surface area contributed by atoms with Gasteiger partial charge in [-0.1, -0.05) is 19.3 Å². The molecular formula is C12H20N2O. The molecule has 15 heavy (non-hydrogen) atoms. The van der Waals surface area contributed by atoms with Gasteiger partial charge in [-0.05, 0) is 25.7 Å². The summed E-state index contributed by atoms with van der Waals surface area (Å²) in [5.41, 5.74) is 0. The Kier molecular flexibility index (Phi) is 4.37. The molecule has 3 heteroatoms. The molecule has 1 aliphatic heterocycles. The molecule has 1 saturated carbocycles. The van der Waals surface area contributed by atoms with E-state index in [1.807, 2.05) is 0 Å². The second-order valence-corrected chi connectivity index (χ2v) is 4.49. The van der Waals surface area contributed by atoms with Gasteiger partial charge in [-0.25, -0.2) is 9.98 Å². The number of hydrogen-bond donors (Lipinski definition) is 0. The number of ether oxygens (including phenoxy) is 1. The minimum atomic E-state index is 0.408. The van der Waals surface area contributed by atoms with Crippen molar-refractivity contribution in [2.24, 2.45) is 9.98 Å². The quantitative estimate of drug-likeness (QED) is 0.642. The third kappa shape index (κ3) is 3.77. The van der Waals surface area contributed by atoms with E-state index in [9.17, 15) is 0 Å². The van der Waals surface area contributed by atoms with Crippen molar-refractivity contribution in [3.05, 3.63) is 0 Å². The molecule has 2 aliphatic rings. The average molecular weight is 208 g/mol. The molecule has 0 aromatic carbocycles. The number of rotatable bonds is 2. The summed E-state index contributed by atoms with van der Waals surface area (Å²) in [5.74, 6) is 0. The average Bonchev–Trinajstić information content (AvgIpc) is 2.32. The van der Waals surface area contributed by atoms with Crippen LogP contribution in [0.25, 0.3) is 0 Å². The van der Waals surface area contributed by atoms with Crippen molar-refractivity contribution in [2.75, 3.05) is 13.2 Å². The smallest absolute Gasteiger partial charge is 0.0898 e. The summed E-state index contributed by atoms with van der Waals surface area (Å²) < 4.78 is 5.28. The van der Waals surface area contributed by atoms with Gasteiger partial charge in [0.1, 0.15) is 0 Å². The van der Waals surface area contributed by atoms with E-state index in [-0.39, 0.29) is 0 Å². The van der Waals surface area contributed by atoms with Gasteiger partial charge in [0.25, 0.3) is 0 Å². The SMILES string of the molecule is C(=NC1CCCCC1)=NC1CCOCC1. The Morgan fingerprint density at radius 1 is 0.800 bits per heavy atom. The van der Waals surface area contributed by atoms with Gasteiger partial charge in [-0.15, -0.1) is 0 Å². The molecule has 1 aliphatic carbocycles. The van der Waals surface area contributed by atoms with Gasteiger partial charge in [0, 0.05) is 13.2 Å². The van der Waals surface area contributed by atoms with E-state index in [2.05, 4.69) is 16.0 Å². The van der Waals surface area contributed by atoms with Crippen molar-refractivity contribution < 1.29 is 4.74 Å². The maximum atomic E-state index is 5.28.